The number of aromatic nitrogens is 1. The van der Waals surface area contributed by atoms with Gasteiger partial charge in [-0.3, -0.25) is 9.59 Å². The van der Waals surface area contributed by atoms with E-state index in [2.05, 4.69) is 15.6 Å². The van der Waals surface area contributed by atoms with E-state index in [9.17, 15) is 14.4 Å². The first kappa shape index (κ1) is 23.2. The summed E-state index contributed by atoms with van der Waals surface area (Å²) >= 11 is 0. The van der Waals surface area contributed by atoms with Crippen molar-refractivity contribution in [2.45, 2.75) is 59.9 Å². The molecule has 0 saturated heterocycles. The van der Waals surface area contributed by atoms with Crippen molar-refractivity contribution in [1.29, 1.82) is 5.26 Å². The summed E-state index contributed by atoms with van der Waals surface area (Å²) in [4.78, 5) is 38.4. The van der Waals surface area contributed by atoms with Crippen molar-refractivity contribution in [3.63, 3.8) is 0 Å². The molecule has 8 heteroatoms. The zero-order chi connectivity index (χ0) is 21.3. The third-order valence-electron chi connectivity index (χ3n) is 4.42. The summed E-state index contributed by atoms with van der Waals surface area (Å²) in [5.41, 5.74) is 1.74. The molecule has 0 aliphatic heterocycles. The Morgan fingerprint density at radius 3 is 2.54 bits per heavy atom. The second-order valence-electron chi connectivity index (χ2n) is 7.16. The number of pyridine rings is 1. The molecular weight excluding hydrogens is 360 g/mol. The van der Waals surface area contributed by atoms with Gasteiger partial charge in [-0.2, -0.15) is 5.26 Å². The first-order valence-electron chi connectivity index (χ1n) is 9.51. The average molecular weight is 390 g/mol. The van der Waals surface area contributed by atoms with Gasteiger partial charge in [0.1, 0.15) is 11.6 Å². The predicted octanol–water partition coefficient (Wildman–Crippen LogP) is 2.07. The quantitative estimate of drug-likeness (QED) is 0.595. The third-order valence-corrected chi connectivity index (χ3v) is 4.42. The molecule has 1 aromatic rings. The number of carbonyl (C=O) groups excluding carboxylic acids is 2. The van der Waals surface area contributed by atoms with Gasteiger partial charge >= 0.3 is 6.09 Å². The highest BCUT2D eigenvalue weighted by Crippen LogP contribution is 2.15. The second-order valence-corrected chi connectivity index (χ2v) is 7.16. The topological polar surface area (TPSA) is 124 Å². The van der Waals surface area contributed by atoms with Crippen molar-refractivity contribution >= 4 is 12.0 Å². The van der Waals surface area contributed by atoms with E-state index < -0.39 is 11.7 Å². The molecule has 3 N–H and O–H groups in total. The molecule has 154 valence electrons. The Hall–Kier alpha value is -2.82. The van der Waals surface area contributed by atoms with E-state index in [1.807, 2.05) is 19.9 Å². The van der Waals surface area contributed by atoms with Crippen LogP contribution in [0, 0.1) is 31.1 Å². The van der Waals surface area contributed by atoms with Gasteiger partial charge < -0.3 is 20.4 Å². The molecule has 1 rings (SSSR count). The number of hydrogen-bond donors (Lipinski definition) is 3. The molecule has 0 saturated carbocycles. The van der Waals surface area contributed by atoms with Crippen LogP contribution in [0.4, 0.5) is 4.79 Å². The lowest BCUT2D eigenvalue weighted by Gasteiger charge is -2.21. The van der Waals surface area contributed by atoms with Crippen molar-refractivity contribution in [3.8, 4) is 6.07 Å². The minimum atomic E-state index is -0.495. The maximum absolute atomic E-state index is 12.3. The SMILES string of the molecule is CCOC(=O)NC(CNC(=O)CCc1c(C)[nH]c(=O)c(C#N)c1C)CC(C)C. The highest BCUT2D eigenvalue weighted by atomic mass is 16.5. The first-order chi connectivity index (χ1) is 13.2. The van der Waals surface area contributed by atoms with E-state index in [0.717, 1.165) is 5.56 Å². The Morgan fingerprint density at radius 1 is 1.29 bits per heavy atom. The number of amides is 2. The molecule has 1 atom stereocenters. The Balaban J connectivity index is 2.67. The van der Waals surface area contributed by atoms with Crippen LogP contribution >= 0.6 is 0 Å². The van der Waals surface area contributed by atoms with Gasteiger partial charge in [-0.25, -0.2) is 4.79 Å². The van der Waals surface area contributed by atoms with Gasteiger partial charge in [0, 0.05) is 24.7 Å². The Labute approximate surface area is 165 Å². The van der Waals surface area contributed by atoms with Crippen LogP contribution in [0.25, 0.3) is 0 Å². The van der Waals surface area contributed by atoms with E-state index in [-0.39, 0.29) is 30.5 Å². The monoisotopic (exact) mass is 390 g/mol. The Kier molecular flexibility index (Phi) is 9.22. The summed E-state index contributed by atoms with van der Waals surface area (Å²) in [6, 6.07) is 1.69. The van der Waals surface area contributed by atoms with Gasteiger partial charge in [-0.15, -0.1) is 0 Å². The fourth-order valence-electron chi connectivity index (χ4n) is 3.09. The normalized spacial score (nSPS) is 11.6. The van der Waals surface area contributed by atoms with Crippen molar-refractivity contribution in [2.75, 3.05) is 13.2 Å². The van der Waals surface area contributed by atoms with E-state index in [1.54, 1.807) is 20.8 Å². The minimum absolute atomic E-state index is 0.0802. The molecule has 0 radical (unpaired) electrons. The Morgan fingerprint density at radius 2 is 1.96 bits per heavy atom. The molecule has 1 unspecified atom stereocenters. The number of aryl methyl sites for hydroxylation is 1. The maximum Gasteiger partial charge on any atom is 0.407 e. The van der Waals surface area contributed by atoms with Gasteiger partial charge in [-0.05, 0) is 50.7 Å². The standard InChI is InChI=1S/C20H30N4O4/c1-6-28-20(27)24-15(9-12(2)3)11-22-18(25)8-7-16-13(4)17(10-21)19(26)23-14(16)5/h12,15H,6-9,11H2,1-5H3,(H,22,25)(H,23,26)(H,24,27). The summed E-state index contributed by atoms with van der Waals surface area (Å²) in [6.45, 7) is 9.88. The van der Waals surface area contributed by atoms with Gasteiger partial charge in [-0.1, -0.05) is 13.8 Å². The van der Waals surface area contributed by atoms with Crippen molar-refractivity contribution in [3.05, 3.63) is 32.7 Å². The molecule has 1 heterocycles. The summed E-state index contributed by atoms with van der Waals surface area (Å²) in [7, 11) is 0. The Bertz CT molecular complexity index is 793. The number of H-pyrrole nitrogens is 1. The molecule has 2 amide bonds. The fraction of sp³-hybridized carbons (Fsp3) is 0.600. The summed E-state index contributed by atoms with van der Waals surface area (Å²) in [6.07, 6.45) is 0.843. The average Bonchev–Trinajstić information content (AvgIpc) is 2.59. The third kappa shape index (κ3) is 7.06. The number of nitriles is 1. The zero-order valence-electron chi connectivity index (χ0n) is 17.3. The molecule has 0 aromatic carbocycles. The van der Waals surface area contributed by atoms with Gasteiger partial charge in [0.15, 0.2) is 0 Å². The van der Waals surface area contributed by atoms with Crippen LogP contribution < -0.4 is 16.2 Å². The number of hydrogen-bond acceptors (Lipinski definition) is 5. The number of nitrogens with zero attached hydrogens (tertiary/aromatic N) is 1. The largest absolute Gasteiger partial charge is 0.450 e. The first-order valence-corrected chi connectivity index (χ1v) is 9.51. The van der Waals surface area contributed by atoms with Crippen LogP contribution in [0.5, 0.6) is 0 Å². The molecule has 0 aliphatic carbocycles. The van der Waals surface area contributed by atoms with Gasteiger partial charge in [0.25, 0.3) is 5.56 Å². The van der Waals surface area contributed by atoms with E-state index in [4.69, 9.17) is 10.00 Å². The number of aromatic amines is 1. The van der Waals surface area contributed by atoms with Crippen LogP contribution in [-0.2, 0) is 16.0 Å². The van der Waals surface area contributed by atoms with E-state index in [0.29, 0.717) is 36.6 Å². The van der Waals surface area contributed by atoms with Crippen molar-refractivity contribution < 1.29 is 14.3 Å². The van der Waals surface area contributed by atoms with Gasteiger partial charge in [0.2, 0.25) is 5.91 Å². The molecule has 0 spiro atoms. The molecule has 0 aliphatic rings. The van der Waals surface area contributed by atoms with Crippen LogP contribution in [0.15, 0.2) is 4.79 Å². The highest BCUT2D eigenvalue weighted by Gasteiger charge is 2.17. The molecular formula is C20H30N4O4. The van der Waals surface area contributed by atoms with E-state index in [1.165, 1.54) is 0 Å². The number of ether oxygens (including phenoxy) is 1. The smallest absolute Gasteiger partial charge is 0.407 e. The minimum Gasteiger partial charge on any atom is -0.450 e. The molecule has 0 bridgehead atoms. The van der Waals surface area contributed by atoms with Crippen LogP contribution in [-0.4, -0.2) is 36.2 Å². The number of alkyl carbamates (subject to hydrolysis) is 1. The number of carbonyl (C=O) groups is 2. The lowest BCUT2D eigenvalue weighted by atomic mass is 9.99. The fourth-order valence-corrected chi connectivity index (χ4v) is 3.09. The van der Waals surface area contributed by atoms with E-state index >= 15 is 0 Å². The number of rotatable bonds is 9. The number of nitrogens with one attached hydrogen (secondary N) is 3. The summed E-state index contributed by atoms with van der Waals surface area (Å²) in [5.74, 6) is 0.183. The molecule has 8 nitrogen and oxygen atoms in total. The zero-order valence-corrected chi connectivity index (χ0v) is 17.3. The van der Waals surface area contributed by atoms with Crippen LogP contribution in [0.2, 0.25) is 0 Å². The maximum atomic E-state index is 12.3. The van der Waals surface area contributed by atoms with Crippen molar-refractivity contribution in [1.82, 2.24) is 15.6 Å². The summed E-state index contributed by atoms with van der Waals surface area (Å²) in [5, 5.41) is 14.7. The predicted molar refractivity (Wildman–Crippen MR) is 106 cm³/mol. The van der Waals surface area contributed by atoms with Gasteiger partial charge in [0.05, 0.1) is 6.61 Å². The molecule has 1 aromatic heterocycles. The molecule has 0 fully saturated rings. The highest BCUT2D eigenvalue weighted by molar-refractivity contribution is 5.76. The molecule has 28 heavy (non-hydrogen) atoms. The second kappa shape index (κ2) is 11.1. The lowest BCUT2D eigenvalue weighted by molar-refractivity contribution is -0.121. The van der Waals surface area contributed by atoms with Crippen molar-refractivity contribution in [2.24, 2.45) is 5.92 Å². The lowest BCUT2D eigenvalue weighted by Crippen LogP contribution is -2.44. The van der Waals surface area contributed by atoms with Crippen LogP contribution in [0.3, 0.4) is 0 Å². The summed E-state index contributed by atoms with van der Waals surface area (Å²) < 4.78 is 4.91. The van der Waals surface area contributed by atoms with Crippen LogP contribution in [0.1, 0.15) is 56.0 Å².